The molecule has 94 valence electrons. The number of benzene rings is 1. The molecule has 2 heterocycles. The van der Waals surface area contributed by atoms with E-state index in [1.807, 2.05) is 12.1 Å². The number of hydrogen-bond donors (Lipinski definition) is 0. The van der Waals surface area contributed by atoms with E-state index in [0.29, 0.717) is 17.4 Å². The van der Waals surface area contributed by atoms with E-state index in [2.05, 4.69) is 4.98 Å². The Kier molecular flexibility index (Phi) is 2.83. The van der Waals surface area contributed by atoms with E-state index in [-0.39, 0.29) is 11.0 Å². The number of aromatic nitrogens is 1. The van der Waals surface area contributed by atoms with Gasteiger partial charge in [-0.25, -0.2) is 4.39 Å². The van der Waals surface area contributed by atoms with Gasteiger partial charge in [0.2, 0.25) is 0 Å². The summed E-state index contributed by atoms with van der Waals surface area (Å²) in [7, 11) is 0. The smallest absolute Gasteiger partial charge is 0.196 e. The molecular formula is C15H10FNO2. The summed E-state index contributed by atoms with van der Waals surface area (Å²) in [4.78, 5) is 16.2. The Bertz CT molecular complexity index is 781. The highest BCUT2D eigenvalue weighted by molar-refractivity contribution is 5.76. The normalized spacial score (nSPS) is 10.8. The highest BCUT2D eigenvalue weighted by atomic mass is 19.1. The van der Waals surface area contributed by atoms with Gasteiger partial charge in [-0.2, -0.15) is 0 Å². The van der Waals surface area contributed by atoms with Crippen molar-refractivity contribution in [3.05, 3.63) is 76.2 Å². The zero-order valence-corrected chi connectivity index (χ0v) is 9.97. The topological polar surface area (TPSA) is 43.1 Å². The summed E-state index contributed by atoms with van der Waals surface area (Å²) in [6.07, 6.45) is 5.21. The average molecular weight is 255 g/mol. The van der Waals surface area contributed by atoms with Crippen LogP contribution in [-0.4, -0.2) is 4.98 Å². The molecule has 0 saturated heterocycles. The Morgan fingerprint density at radius 1 is 1.26 bits per heavy atom. The van der Waals surface area contributed by atoms with E-state index in [1.165, 1.54) is 24.5 Å². The van der Waals surface area contributed by atoms with Gasteiger partial charge in [-0.05, 0) is 23.8 Å². The lowest BCUT2D eigenvalue weighted by atomic mass is 10.1. The second kappa shape index (κ2) is 4.65. The average Bonchev–Trinajstić information content (AvgIpc) is 2.43. The molecule has 0 spiro atoms. The summed E-state index contributed by atoms with van der Waals surface area (Å²) in [6, 6.07) is 7.62. The lowest BCUT2D eigenvalue weighted by Gasteiger charge is -2.02. The zero-order valence-electron chi connectivity index (χ0n) is 9.97. The number of pyridine rings is 1. The lowest BCUT2D eigenvalue weighted by molar-refractivity contribution is 0.582. The summed E-state index contributed by atoms with van der Waals surface area (Å²) in [5.74, 6) is -0.421. The third-order valence-corrected chi connectivity index (χ3v) is 2.93. The van der Waals surface area contributed by atoms with Gasteiger partial charge in [0.05, 0.1) is 11.6 Å². The summed E-state index contributed by atoms with van der Waals surface area (Å²) in [6.45, 7) is 0. The third-order valence-electron chi connectivity index (χ3n) is 2.93. The van der Waals surface area contributed by atoms with E-state index in [1.54, 1.807) is 12.4 Å². The molecule has 0 aliphatic carbocycles. The Balaban J connectivity index is 2.08. The maximum Gasteiger partial charge on any atom is 0.196 e. The predicted octanol–water partition coefficient (Wildman–Crippen LogP) is 2.92. The first-order valence-electron chi connectivity index (χ1n) is 5.83. The van der Waals surface area contributed by atoms with Gasteiger partial charge in [0.15, 0.2) is 5.43 Å². The van der Waals surface area contributed by atoms with Crippen LogP contribution in [0.4, 0.5) is 4.39 Å². The highest BCUT2D eigenvalue weighted by Crippen LogP contribution is 2.14. The summed E-state index contributed by atoms with van der Waals surface area (Å²) in [5.41, 5.74) is 1.59. The van der Waals surface area contributed by atoms with Crippen molar-refractivity contribution in [2.24, 2.45) is 0 Å². The minimum atomic E-state index is -0.421. The Morgan fingerprint density at radius 3 is 2.95 bits per heavy atom. The van der Waals surface area contributed by atoms with Gasteiger partial charge >= 0.3 is 0 Å². The molecule has 0 aliphatic heterocycles. The van der Waals surface area contributed by atoms with Crippen molar-refractivity contribution in [2.75, 3.05) is 0 Å². The van der Waals surface area contributed by atoms with Crippen LogP contribution in [0, 0.1) is 5.82 Å². The Hall–Kier alpha value is -2.49. The van der Waals surface area contributed by atoms with E-state index in [0.717, 1.165) is 5.56 Å². The van der Waals surface area contributed by atoms with Crippen molar-refractivity contribution in [3.8, 4) is 0 Å². The fourth-order valence-electron chi connectivity index (χ4n) is 1.99. The van der Waals surface area contributed by atoms with Crippen molar-refractivity contribution < 1.29 is 8.81 Å². The van der Waals surface area contributed by atoms with Gasteiger partial charge < -0.3 is 4.42 Å². The molecule has 0 fully saturated rings. The van der Waals surface area contributed by atoms with Crippen molar-refractivity contribution in [2.45, 2.75) is 6.42 Å². The second-order valence-electron chi connectivity index (χ2n) is 4.27. The zero-order chi connectivity index (χ0) is 13.2. The van der Waals surface area contributed by atoms with Crippen LogP contribution in [-0.2, 0) is 6.42 Å². The monoisotopic (exact) mass is 255 g/mol. The molecular weight excluding hydrogens is 245 g/mol. The first-order valence-corrected chi connectivity index (χ1v) is 5.83. The summed E-state index contributed by atoms with van der Waals surface area (Å²) < 4.78 is 18.4. The molecule has 0 saturated carbocycles. The van der Waals surface area contributed by atoms with Crippen LogP contribution in [0.2, 0.25) is 0 Å². The van der Waals surface area contributed by atoms with Crippen LogP contribution in [0.25, 0.3) is 11.0 Å². The van der Waals surface area contributed by atoms with Crippen molar-refractivity contribution in [1.29, 1.82) is 0 Å². The van der Waals surface area contributed by atoms with Crippen molar-refractivity contribution in [1.82, 2.24) is 4.98 Å². The maximum absolute atomic E-state index is 13.0. The van der Waals surface area contributed by atoms with Crippen molar-refractivity contribution in [3.63, 3.8) is 0 Å². The SMILES string of the molecule is O=c1c(Cc2cccnc2)coc2cc(F)ccc12. The molecule has 3 rings (SSSR count). The lowest BCUT2D eigenvalue weighted by Crippen LogP contribution is -2.09. The summed E-state index contributed by atoms with van der Waals surface area (Å²) >= 11 is 0. The first kappa shape index (κ1) is 11.6. The maximum atomic E-state index is 13.0. The number of rotatable bonds is 2. The number of nitrogens with zero attached hydrogens (tertiary/aromatic N) is 1. The fraction of sp³-hybridized carbons (Fsp3) is 0.0667. The van der Waals surface area contributed by atoms with Gasteiger partial charge in [-0.1, -0.05) is 6.07 Å². The van der Waals surface area contributed by atoms with Crippen LogP contribution < -0.4 is 5.43 Å². The number of fused-ring (bicyclic) bond motifs is 1. The van der Waals surface area contributed by atoms with Crippen LogP contribution in [0.5, 0.6) is 0 Å². The Labute approximate surface area is 108 Å². The van der Waals surface area contributed by atoms with Crippen LogP contribution >= 0.6 is 0 Å². The van der Waals surface area contributed by atoms with Crippen LogP contribution in [0.1, 0.15) is 11.1 Å². The molecule has 0 bridgehead atoms. The van der Waals surface area contributed by atoms with E-state index < -0.39 is 5.82 Å². The molecule has 19 heavy (non-hydrogen) atoms. The molecule has 0 unspecified atom stereocenters. The molecule has 0 atom stereocenters. The standard InChI is InChI=1S/C15H10FNO2/c16-12-3-4-13-14(7-12)19-9-11(15(13)18)6-10-2-1-5-17-8-10/h1-5,7-9H,6H2. The minimum Gasteiger partial charge on any atom is -0.464 e. The van der Waals surface area contributed by atoms with Gasteiger partial charge in [-0.15, -0.1) is 0 Å². The largest absolute Gasteiger partial charge is 0.464 e. The predicted molar refractivity (Wildman–Crippen MR) is 69.5 cm³/mol. The fourth-order valence-corrected chi connectivity index (χ4v) is 1.99. The van der Waals surface area contributed by atoms with Crippen LogP contribution in [0.3, 0.4) is 0 Å². The number of hydrogen-bond acceptors (Lipinski definition) is 3. The van der Waals surface area contributed by atoms with Crippen LogP contribution in [0.15, 0.2) is 58.2 Å². The highest BCUT2D eigenvalue weighted by Gasteiger charge is 2.08. The molecule has 3 nitrogen and oxygen atoms in total. The molecule has 1 aromatic carbocycles. The first-order chi connectivity index (χ1) is 9.24. The van der Waals surface area contributed by atoms with E-state index >= 15 is 0 Å². The molecule has 0 amide bonds. The quantitative estimate of drug-likeness (QED) is 0.707. The summed E-state index contributed by atoms with van der Waals surface area (Å²) in [5, 5.41) is 0.391. The molecule has 0 aliphatic rings. The molecule has 3 aromatic rings. The van der Waals surface area contributed by atoms with Crippen molar-refractivity contribution >= 4 is 11.0 Å². The molecule has 0 N–H and O–H groups in total. The number of halogens is 1. The van der Waals surface area contributed by atoms with Gasteiger partial charge in [0, 0.05) is 30.4 Å². The van der Waals surface area contributed by atoms with E-state index in [9.17, 15) is 9.18 Å². The second-order valence-corrected chi connectivity index (χ2v) is 4.27. The molecule has 2 aromatic heterocycles. The molecule has 0 radical (unpaired) electrons. The molecule has 4 heteroatoms. The van der Waals surface area contributed by atoms with Gasteiger partial charge in [-0.3, -0.25) is 9.78 Å². The van der Waals surface area contributed by atoms with Gasteiger partial charge in [0.1, 0.15) is 11.4 Å². The van der Waals surface area contributed by atoms with E-state index in [4.69, 9.17) is 4.42 Å². The third kappa shape index (κ3) is 2.25. The van der Waals surface area contributed by atoms with Gasteiger partial charge in [0.25, 0.3) is 0 Å². The minimum absolute atomic E-state index is 0.134. The Morgan fingerprint density at radius 2 is 2.16 bits per heavy atom.